The van der Waals surface area contributed by atoms with E-state index in [0.717, 1.165) is 22.3 Å². The lowest BCUT2D eigenvalue weighted by Gasteiger charge is -2.40. The highest BCUT2D eigenvalue weighted by Gasteiger charge is 2.46. The highest BCUT2D eigenvalue weighted by atomic mass is 19.1. The molecule has 3 aromatic rings. The van der Waals surface area contributed by atoms with E-state index in [1.807, 2.05) is 32.0 Å². The van der Waals surface area contributed by atoms with E-state index in [-0.39, 0.29) is 36.2 Å². The van der Waals surface area contributed by atoms with Crippen molar-refractivity contribution in [3.05, 3.63) is 88.0 Å². The third kappa shape index (κ3) is 4.80. The summed E-state index contributed by atoms with van der Waals surface area (Å²) < 4.78 is 14.5. The zero-order valence-electron chi connectivity index (χ0n) is 20.2. The molecule has 1 aromatic heterocycles. The van der Waals surface area contributed by atoms with E-state index in [0.29, 0.717) is 6.54 Å². The highest BCUT2D eigenvalue weighted by molar-refractivity contribution is 6.01. The van der Waals surface area contributed by atoms with Crippen molar-refractivity contribution >= 4 is 17.7 Å². The maximum absolute atomic E-state index is 13.1. The normalized spacial score (nSPS) is 17.2. The molecule has 9 heteroatoms. The Labute approximate surface area is 203 Å². The lowest BCUT2D eigenvalue weighted by molar-refractivity contribution is -0.132. The summed E-state index contributed by atoms with van der Waals surface area (Å²) in [5.41, 5.74) is 3.04. The summed E-state index contributed by atoms with van der Waals surface area (Å²) in [5, 5.41) is 10.0. The Morgan fingerprint density at radius 3 is 2.49 bits per heavy atom. The number of fused-ring (bicyclic) bond motifs is 1. The van der Waals surface area contributed by atoms with Crippen molar-refractivity contribution in [2.75, 3.05) is 7.05 Å². The number of aryl methyl sites for hydroxylation is 2. The van der Waals surface area contributed by atoms with Crippen LogP contribution in [0, 0.1) is 19.7 Å². The van der Waals surface area contributed by atoms with Crippen LogP contribution in [0.4, 0.5) is 4.39 Å². The molecule has 0 unspecified atom stereocenters. The van der Waals surface area contributed by atoms with Crippen molar-refractivity contribution in [3.8, 4) is 0 Å². The van der Waals surface area contributed by atoms with Gasteiger partial charge in [0.1, 0.15) is 17.1 Å². The van der Waals surface area contributed by atoms with Crippen molar-refractivity contribution in [1.82, 2.24) is 25.3 Å². The third-order valence-electron chi connectivity index (χ3n) is 6.53. The molecule has 1 aliphatic rings. The van der Waals surface area contributed by atoms with Crippen LogP contribution in [0.1, 0.15) is 50.2 Å². The van der Waals surface area contributed by atoms with Crippen molar-refractivity contribution in [2.45, 2.75) is 45.9 Å². The summed E-state index contributed by atoms with van der Waals surface area (Å²) in [4.78, 5) is 40.3. The summed E-state index contributed by atoms with van der Waals surface area (Å²) in [5.74, 6) is -1.54. The van der Waals surface area contributed by atoms with Gasteiger partial charge in [-0.25, -0.2) is 4.39 Å². The van der Waals surface area contributed by atoms with Crippen LogP contribution in [0.2, 0.25) is 0 Å². The monoisotopic (exact) mass is 477 g/mol. The van der Waals surface area contributed by atoms with Crippen molar-refractivity contribution in [2.24, 2.45) is 0 Å². The van der Waals surface area contributed by atoms with Gasteiger partial charge in [0.05, 0.1) is 6.54 Å². The number of amides is 3. The average molecular weight is 478 g/mol. The van der Waals surface area contributed by atoms with Gasteiger partial charge in [-0.05, 0) is 49.6 Å². The minimum absolute atomic E-state index is 0.0874. The summed E-state index contributed by atoms with van der Waals surface area (Å²) in [6.07, 6.45) is 0. The molecule has 0 radical (unpaired) electrons. The van der Waals surface area contributed by atoms with Crippen molar-refractivity contribution in [1.29, 1.82) is 0 Å². The molecule has 0 bridgehead atoms. The molecule has 4 rings (SSSR count). The fourth-order valence-electron chi connectivity index (χ4n) is 4.07. The summed E-state index contributed by atoms with van der Waals surface area (Å²) in [6, 6.07) is 13.3. The van der Waals surface area contributed by atoms with Gasteiger partial charge in [-0.1, -0.05) is 35.9 Å². The zero-order chi connectivity index (χ0) is 25.3. The molecule has 35 heavy (non-hydrogen) atoms. The Morgan fingerprint density at radius 1 is 1.06 bits per heavy atom. The topological polar surface area (TPSA) is 96.3 Å². The van der Waals surface area contributed by atoms with E-state index in [1.165, 1.54) is 27.8 Å². The number of nitrogens with one attached hydrogen (secondary N) is 2. The van der Waals surface area contributed by atoms with Gasteiger partial charge < -0.3 is 15.5 Å². The number of nitrogens with zero attached hydrogens (tertiary/aromatic N) is 3. The number of hydrogen-bond acceptors (Lipinski definition) is 4. The number of aromatic nitrogens is 2. The smallest absolute Gasteiger partial charge is 0.272 e. The van der Waals surface area contributed by atoms with Gasteiger partial charge in [-0.15, -0.1) is 0 Å². The largest absolute Gasteiger partial charge is 0.350 e. The molecule has 1 atom stereocenters. The molecule has 2 aromatic carbocycles. The fraction of sp³-hybridized carbons (Fsp3) is 0.308. The predicted molar refractivity (Wildman–Crippen MR) is 128 cm³/mol. The van der Waals surface area contributed by atoms with Gasteiger partial charge in [-0.3, -0.25) is 19.1 Å². The standard InChI is InChI=1S/C26H28FN5O3/c1-16-5-6-17(2)19(11-16)14-28-23(33)21-12-22-24(34)31(4)26(3,15-32(22)30-21)25(35)29-13-18-7-9-20(27)10-8-18/h5-12H,13-15H2,1-4H3,(H,28,33)(H,29,35)/t26-/m1/s1. The van der Waals surface area contributed by atoms with Crippen molar-refractivity contribution < 1.29 is 18.8 Å². The second-order valence-electron chi connectivity index (χ2n) is 9.13. The second-order valence-corrected chi connectivity index (χ2v) is 9.13. The summed E-state index contributed by atoms with van der Waals surface area (Å²) in [7, 11) is 1.55. The first-order valence-corrected chi connectivity index (χ1v) is 11.3. The molecule has 8 nitrogen and oxygen atoms in total. The van der Waals surface area contributed by atoms with Crippen LogP contribution < -0.4 is 10.6 Å². The van der Waals surface area contributed by atoms with Gasteiger partial charge in [0, 0.05) is 26.2 Å². The molecular formula is C26H28FN5O3. The minimum Gasteiger partial charge on any atom is -0.350 e. The van der Waals surface area contributed by atoms with E-state index < -0.39 is 17.4 Å². The zero-order valence-corrected chi connectivity index (χ0v) is 20.2. The molecule has 0 aliphatic carbocycles. The van der Waals surface area contributed by atoms with Crippen LogP contribution >= 0.6 is 0 Å². The average Bonchev–Trinajstić information content (AvgIpc) is 3.26. The van der Waals surface area contributed by atoms with E-state index in [1.54, 1.807) is 26.1 Å². The van der Waals surface area contributed by atoms with Crippen LogP contribution in [-0.2, 0) is 24.4 Å². The van der Waals surface area contributed by atoms with Crippen LogP contribution in [-0.4, -0.2) is 45.0 Å². The third-order valence-corrected chi connectivity index (χ3v) is 6.53. The predicted octanol–water partition coefficient (Wildman–Crippen LogP) is 2.73. The molecule has 0 saturated carbocycles. The molecule has 3 amide bonds. The van der Waals surface area contributed by atoms with Gasteiger partial charge >= 0.3 is 0 Å². The minimum atomic E-state index is -1.22. The maximum atomic E-state index is 13.1. The van der Waals surface area contributed by atoms with Crippen molar-refractivity contribution in [3.63, 3.8) is 0 Å². The molecule has 0 saturated heterocycles. The second kappa shape index (κ2) is 9.32. The lowest BCUT2D eigenvalue weighted by Crippen LogP contribution is -2.62. The Hall–Kier alpha value is -4.01. The molecule has 2 heterocycles. The Kier molecular flexibility index (Phi) is 6.43. The number of carbonyl (C=O) groups excluding carboxylic acids is 3. The molecule has 1 aliphatic heterocycles. The first-order chi connectivity index (χ1) is 16.6. The number of rotatable bonds is 6. The van der Waals surface area contributed by atoms with Crippen LogP contribution in [0.5, 0.6) is 0 Å². The quantitative estimate of drug-likeness (QED) is 0.571. The summed E-state index contributed by atoms with van der Waals surface area (Å²) in [6.45, 7) is 6.23. The van der Waals surface area contributed by atoms with Gasteiger partial charge in [-0.2, -0.15) is 5.10 Å². The maximum Gasteiger partial charge on any atom is 0.272 e. The Morgan fingerprint density at radius 2 is 1.77 bits per heavy atom. The van der Waals surface area contributed by atoms with Gasteiger partial charge in [0.2, 0.25) is 5.91 Å². The molecule has 182 valence electrons. The van der Waals surface area contributed by atoms with Gasteiger partial charge in [0.25, 0.3) is 11.8 Å². The lowest BCUT2D eigenvalue weighted by atomic mass is 9.96. The Bertz CT molecular complexity index is 1300. The van der Waals surface area contributed by atoms with Gasteiger partial charge in [0.15, 0.2) is 5.69 Å². The number of likely N-dealkylation sites (N-methyl/N-ethyl adjacent to an activating group) is 1. The molecule has 0 fully saturated rings. The molecular weight excluding hydrogens is 449 g/mol. The van der Waals surface area contributed by atoms with Crippen LogP contribution in [0.15, 0.2) is 48.5 Å². The van der Waals surface area contributed by atoms with Crippen LogP contribution in [0.3, 0.4) is 0 Å². The Balaban J connectivity index is 1.47. The van der Waals surface area contributed by atoms with E-state index >= 15 is 0 Å². The number of benzene rings is 2. The first kappa shape index (κ1) is 24.1. The number of carbonyl (C=O) groups is 3. The molecule has 2 N–H and O–H groups in total. The SMILES string of the molecule is Cc1ccc(C)c(CNC(=O)c2cc3n(n2)C[C@](C)(C(=O)NCc2ccc(F)cc2)N(C)C3=O)c1. The summed E-state index contributed by atoms with van der Waals surface area (Å²) >= 11 is 0. The van der Waals surface area contributed by atoms with Crippen LogP contribution in [0.25, 0.3) is 0 Å². The first-order valence-electron chi connectivity index (χ1n) is 11.3. The molecule has 0 spiro atoms. The highest BCUT2D eigenvalue weighted by Crippen LogP contribution is 2.26. The van der Waals surface area contributed by atoms with E-state index in [4.69, 9.17) is 0 Å². The van der Waals surface area contributed by atoms with E-state index in [2.05, 4.69) is 15.7 Å². The number of halogens is 1. The van der Waals surface area contributed by atoms with E-state index in [9.17, 15) is 18.8 Å². The fourth-order valence-corrected chi connectivity index (χ4v) is 4.07. The number of hydrogen-bond donors (Lipinski definition) is 2.